The second-order valence-electron chi connectivity index (χ2n) is 4.66. The van der Waals surface area contributed by atoms with Crippen molar-refractivity contribution in [3.05, 3.63) is 41.0 Å². The van der Waals surface area contributed by atoms with E-state index in [1.54, 1.807) is 6.08 Å². The van der Waals surface area contributed by atoms with Gasteiger partial charge in [-0.25, -0.2) is 0 Å². The van der Waals surface area contributed by atoms with E-state index in [0.29, 0.717) is 15.0 Å². The molecule has 0 spiro atoms. The Labute approximate surface area is 135 Å². The van der Waals surface area contributed by atoms with Crippen LogP contribution in [-0.2, 0) is 9.59 Å². The number of amides is 1. The van der Waals surface area contributed by atoms with Crippen molar-refractivity contribution >= 4 is 57.2 Å². The average Bonchev–Trinajstić information content (AvgIpc) is 2.99. The van der Waals surface area contributed by atoms with Gasteiger partial charge in [0.2, 0.25) is 0 Å². The van der Waals surface area contributed by atoms with Crippen molar-refractivity contribution in [2.75, 3.05) is 6.54 Å². The molecule has 0 unspecified atom stereocenters. The number of benzene rings is 1. The Kier molecular flexibility index (Phi) is 4.00. The minimum atomic E-state index is -0.963. The van der Waals surface area contributed by atoms with Crippen LogP contribution >= 0.6 is 24.0 Å². The Morgan fingerprint density at radius 3 is 2.91 bits per heavy atom. The number of carboxylic acid groups (broad SMARTS) is 1. The normalized spacial score (nSPS) is 16.9. The van der Waals surface area contributed by atoms with Crippen LogP contribution in [0.4, 0.5) is 0 Å². The van der Waals surface area contributed by atoms with E-state index in [4.69, 9.17) is 21.7 Å². The summed E-state index contributed by atoms with van der Waals surface area (Å²) < 4.78 is 6.02. The van der Waals surface area contributed by atoms with E-state index in [0.717, 1.165) is 22.7 Å². The lowest BCUT2D eigenvalue weighted by molar-refractivity contribution is -0.137. The SMILES string of the molecule is O=C(O)CCN1C(=O)/C(=C/c2cc3ccccc3o2)SC1=S. The van der Waals surface area contributed by atoms with Crippen molar-refractivity contribution < 1.29 is 19.1 Å². The number of furan rings is 1. The van der Waals surface area contributed by atoms with Crippen LogP contribution in [-0.4, -0.2) is 32.7 Å². The Balaban J connectivity index is 1.84. The van der Waals surface area contributed by atoms with Crippen molar-refractivity contribution in [3.63, 3.8) is 0 Å². The van der Waals surface area contributed by atoms with Crippen LogP contribution in [0.1, 0.15) is 12.2 Å². The van der Waals surface area contributed by atoms with Crippen molar-refractivity contribution in [1.29, 1.82) is 0 Å². The first-order chi connectivity index (χ1) is 10.5. The number of thiocarbonyl (C=S) groups is 1. The fourth-order valence-corrected chi connectivity index (χ4v) is 3.39. The van der Waals surface area contributed by atoms with Gasteiger partial charge in [-0.3, -0.25) is 14.5 Å². The van der Waals surface area contributed by atoms with Gasteiger partial charge in [0.25, 0.3) is 5.91 Å². The molecule has 1 aromatic carbocycles. The zero-order valence-electron chi connectivity index (χ0n) is 11.3. The molecule has 0 bridgehead atoms. The Hall–Kier alpha value is -2.12. The quantitative estimate of drug-likeness (QED) is 0.685. The van der Waals surface area contributed by atoms with Crippen LogP contribution in [0.3, 0.4) is 0 Å². The molecule has 1 aliphatic rings. The first-order valence-electron chi connectivity index (χ1n) is 6.50. The number of thioether (sulfide) groups is 1. The number of rotatable bonds is 4. The first-order valence-corrected chi connectivity index (χ1v) is 7.73. The lowest BCUT2D eigenvalue weighted by atomic mass is 10.2. The highest BCUT2D eigenvalue weighted by molar-refractivity contribution is 8.26. The first kappa shape index (κ1) is 14.8. The summed E-state index contributed by atoms with van der Waals surface area (Å²) in [5.74, 6) is -0.674. The molecule has 1 amide bonds. The van der Waals surface area contributed by atoms with E-state index in [1.165, 1.54) is 4.90 Å². The molecule has 7 heteroatoms. The molecule has 0 radical (unpaired) electrons. The number of para-hydroxylation sites is 1. The molecule has 2 aromatic rings. The van der Waals surface area contributed by atoms with Gasteiger partial charge >= 0.3 is 5.97 Å². The van der Waals surface area contributed by atoms with Crippen molar-refractivity contribution in [3.8, 4) is 0 Å². The maximum atomic E-state index is 12.3. The predicted octanol–water partition coefficient (Wildman–Crippen LogP) is 3.11. The summed E-state index contributed by atoms with van der Waals surface area (Å²) in [6.07, 6.45) is 1.50. The van der Waals surface area contributed by atoms with Gasteiger partial charge in [-0.1, -0.05) is 42.2 Å². The zero-order valence-corrected chi connectivity index (χ0v) is 12.9. The molecule has 1 N–H and O–H groups in total. The molecular formula is C15H11NO4S2. The molecule has 2 heterocycles. The summed E-state index contributed by atoms with van der Waals surface area (Å²) in [6.45, 7) is 0.0808. The Morgan fingerprint density at radius 1 is 1.41 bits per heavy atom. The molecule has 5 nitrogen and oxygen atoms in total. The molecule has 22 heavy (non-hydrogen) atoms. The third kappa shape index (κ3) is 2.90. The van der Waals surface area contributed by atoms with Crippen LogP contribution < -0.4 is 0 Å². The van der Waals surface area contributed by atoms with Crippen LogP contribution in [0, 0.1) is 0 Å². The number of carboxylic acids is 1. The van der Waals surface area contributed by atoms with Gasteiger partial charge in [0.1, 0.15) is 15.7 Å². The van der Waals surface area contributed by atoms with Gasteiger partial charge < -0.3 is 9.52 Å². The summed E-state index contributed by atoms with van der Waals surface area (Å²) in [5, 5.41) is 9.66. The molecular weight excluding hydrogens is 322 g/mol. The molecule has 0 saturated carbocycles. The second-order valence-corrected chi connectivity index (χ2v) is 6.34. The maximum absolute atomic E-state index is 12.3. The largest absolute Gasteiger partial charge is 0.481 e. The fraction of sp³-hybridized carbons (Fsp3) is 0.133. The van der Waals surface area contributed by atoms with Gasteiger partial charge in [-0.15, -0.1) is 0 Å². The van der Waals surface area contributed by atoms with Gasteiger partial charge in [-0.2, -0.15) is 0 Å². The summed E-state index contributed by atoms with van der Waals surface area (Å²) >= 11 is 6.29. The Morgan fingerprint density at radius 2 is 2.18 bits per heavy atom. The van der Waals surface area contributed by atoms with Crippen LogP contribution in [0.15, 0.2) is 39.7 Å². The van der Waals surface area contributed by atoms with E-state index in [2.05, 4.69) is 0 Å². The highest BCUT2D eigenvalue weighted by Crippen LogP contribution is 2.33. The number of fused-ring (bicyclic) bond motifs is 1. The van der Waals surface area contributed by atoms with Crippen molar-refractivity contribution in [2.24, 2.45) is 0 Å². The maximum Gasteiger partial charge on any atom is 0.305 e. The minimum absolute atomic E-state index is 0.0808. The van der Waals surface area contributed by atoms with Crippen molar-refractivity contribution in [1.82, 2.24) is 4.90 Å². The van der Waals surface area contributed by atoms with E-state index in [-0.39, 0.29) is 18.9 Å². The summed E-state index contributed by atoms with van der Waals surface area (Å²) in [5.41, 5.74) is 0.745. The number of carbonyl (C=O) groups excluding carboxylic acids is 1. The molecule has 1 saturated heterocycles. The third-order valence-electron chi connectivity index (χ3n) is 3.14. The number of hydrogen-bond donors (Lipinski definition) is 1. The number of nitrogens with zero attached hydrogens (tertiary/aromatic N) is 1. The summed E-state index contributed by atoms with van der Waals surface area (Å²) in [7, 11) is 0. The van der Waals surface area contributed by atoms with E-state index in [9.17, 15) is 9.59 Å². The zero-order chi connectivity index (χ0) is 15.7. The molecule has 3 rings (SSSR count). The monoisotopic (exact) mass is 333 g/mol. The lowest BCUT2D eigenvalue weighted by Crippen LogP contribution is -2.30. The topological polar surface area (TPSA) is 70.8 Å². The van der Waals surface area contributed by atoms with E-state index >= 15 is 0 Å². The van der Waals surface area contributed by atoms with Gasteiger partial charge in [-0.05, 0) is 12.1 Å². The number of aliphatic carboxylic acids is 1. The van der Waals surface area contributed by atoms with Gasteiger partial charge in [0.05, 0.1) is 11.3 Å². The number of carbonyl (C=O) groups is 2. The smallest absolute Gasteiger partial charge is 0.305 e. The molecule has 112 valence electrons. The third-order valence-corrected chi connectivity index (χ3v) is 4.52. The van der Waals surface area contributed by atoms with Crippen LogP contribution in [0.25, 0.3) is 17.0 Å². The molecule has 0 aliphatic carbocycles. The van der Waals surface area contributed by atoms with Gasteiger partial charge in [0.15, 0.2) is 0 Å². The van der Waals surface area contributed by atoms with Crippen molar-refractivity contribution in [2.45, 2.75) is 6.42 Å². The second kappa shape index (κ2) is 5.94. The van der Waals surface area contributed by atoms with Gasteiger partial charge in [0, 0.05) is 18.0 Å². The Bertz CT molecular complexity index is 776. The summed E-state index contributed by atoms with van der Waals surface area (Å²) in [6, 6.07) is 9.41. The highest BCUT2D eigenvalue weighted by Gasteiger charge is 2.32. The molecule has 1 aromatic heterocycles. The highest BCUT2D eigenvalue weighted by atomic mass is 32.2. The average molecular weight is 333 g/mol. The number of hydrogen-bond acceptors (Lipinski definition) is 5. The van der Waals surface area contributed by atoms with E-state index in [1.807, 2.05) is 30.3 Å². The van der Waals surface area contributed by atoms with Crippen LogP contribution in [0.2, 0.25) is 0 Å². The van der Waals surface area contributed by atoms with E-state index < -0.39 is 5.97 Å². The minimum Gasteiger partial charge on any atom is -0.481 e. The predicted molar refractivity (Wildman–Crippen MR) is 88.3 cm³/mol. The molecule has 1 fully saturated rings. The molecule has 1 aliphatic heterocycles. The van der Waals surface area contributed by atoms with Crippen LogP contribution in [0.5, 0.6) is 0 Å². The molecule has 0 atom stereocenters. The lowest BCUT2D eigenvalue weighted by Gasteiger charge is -2.12. The standard InChI is InChI=1S/C15H11NO4S2/c17-13(18)5-6-16-14(19)12(22-15(16)21)8-10-7-9-3-1-2-4-11(9)20-10/h1-4,7-8H,5-6H2,(H,17,18)/b12-8-. The summed E-state index contributed by atoms with van der Waals surface area (Å²) in [4.78, 5) is 24.6. The fourth-order valence-electron chi connectivity index (χ4n) is 2.10.